The van der Waals surface area contributed by atoms with Crippen LogP contribution in [0.25, 0.3) is 0 Å². The Balaban J connectivity index is 0.00000200. The monoisotopic (exact) mass is 388 g/mol. The van der Waals surface area contributed by atoms with Crippen LogP contribution in [0.4, 0.5) is 5.69 Å². The van der Waals surface area contributed by atoms with Crippen molar-refractivity contribution in [3.8, 4) is 0 Å². The first-order valence-electron chi connectivity index (χ1n) is 6.92. The number of halogens is 1. The van der Waals surface area contributed by atoms with Gasteiger partial charge in [0.2, 0.25) is 0 Å². The lowest BCUT2D eigenvalue weighted by Gasteiger charge is -2.22. The van der Waals surface area contributed by atoms with Gasteiger partial charge in [-0.05, 0) is 51.4 Å². The van der Waals surface area contributed by atoms with Gasteiger partial charge in [-0.3, -0.25) is 9.89 Å². The average molecular weight is 388 g/mol. The van der Waals surface area contributed by atoms with E-state index in [0.717, 1.165) is 18.3 Å². The molecule has 0 bridgehead atoms. The second-order valence-corrected chi connectivity index (χ2v) is 5.47. The second kappa shape index (κ2) is 7.83. The summed E-state index contributed by atoms with van der Waals surface area (Å²) in [6, 6.07) is 9.32. The van der Waals surface area contributed by atoms with Crippen LogP contribution < -0.4 is 11.1 Å². The molecule has 0 radical (unpaired) electrons. The molecule has 0 spiro atoms. The minimum absolute atomic E-state index is 0. The second-order valence-electron chi connectivity index (χ2n) is 5.47. The summed E-state index contributed by atoms with van der Waals surface area (Å²) in [7, 11) is 2.17. The number of hydrogen-bond donors (Lipinski definition) is 2. The van der Waals surface area contributed by atoms with Gasteiger partial charge < -0.3 is 11.1 Å². The number of aliphatic imine (C=N–C) groups is 1. The third-order valence-corrected chi connectivity index (χ3v) is 3.63. The lowest BCUT2D eigenvalue weighted by atomic mass is 10.2. The minimum atomic E-state index is 0. The van der Waals surface area contributed by atoms with E-state index in [1.807, 2.05) is 12.1 Å². The first-order valence-corrected chi connectivity index (χ1v) is 6.92. The molecule has 1 saturated carbocycles. The standard InChI is InChI=1S/C15H24N4.HI/c1-11-5-4-6-13(9-11)18-15(16)17-10-12(2)19(3)14-7-8-14;/h4-6,9,12,14H,7-8,10H2,1-3H3,(H3,16,17,18);1H. The predicted octanol–water partition coefficient (Wildman–Crippen LogP) is 2.82. The molecule has 1 atom stereocenters. The lowest BCUT2D eigenvalue weighted by molar-refractivity contribution is 0.253. The van der Waals surface area contributed by atoms with Gasteiger partial charge in [0.05, 0.1) is 6.54 Å². The van der Waals surface area contributed by atoms with Crippen LogP contribution in [-0.2, 0) is 0 Å². The molecule has 4 nitrogen and oxygen atoms in total. The fraction of sp³-hybridized carbons (Fsp3) is 0.533. The highest BCUT2D eigenvalue weighted by Gasteiger charge is 2.28. The Morgan fingerprint density at radius 3 is 2.80 bits per heavy atom. The van der Waals surface area contributed by atoms with Gasteiger partial charge in [0, 0.05) is 17.8 Å². The molecule has 1 fully saturated rings. The summed E-state index contributed by atoms with van der Waals surface area (Å²) < 4.78 is 0. The van der Waals surface area contributed by atoms with Crippen LogP contribution in [0.3, 0.4) is 0 Å². The molecule has 1 aromatic rings. The molecule has 1 aromatic carbocycles. The van der Waals surface area contributed by atoms with Gasteiger partial charge in [-0.2, -0.15) is 0 Å². The van der Waals surface area contributed by atoms with Crippen LogP contribution in [0, 0.1) is 6.92 Å². The highest BCUT2D eigenvalue weighted by Crippen LogP contribution is 2.26. The number of guanidine groups is 1. The van der Waals surface area contributed by atoms with Gasteiger partial charge in [0.15, 0.2) is 5.96 Å². The van der Waals surface area contributed by atoms with Crippen molar-refractivity contribution in [3.05, 3.63) is 29.8 Å². The van der Waals surface area contributed by atoms with Crippen LogP contribution in [0.2, 0.25) is 0 Å². The van der Waals surface area contributed by atoms with Crippen molar-refractivity contribution >= 4 is 35.6 Å². The number of likely N-dealkylation sites (N-methyl/N-ethyl adjacent to an activating group) is 1. The van der Waals surface area contributed by atoms with Crippen molar-refractivity contribution in [2.24, 2.45) is 10.7 Å². The Hall–Kier alpha value is -0.820. The van der Waals surface area contributed by atoms with Gasteiger partial charge in [-0.15, -0.1) is 24.0 Å². The highest BCUT2D eigenvalue weighted by molar-refractivity contribution is 14.0. The number of anilines is 1. The zero-order valence-electron chi connectivity index (χ0n) is 12.5. The van der Waals surface area contributed by atoms with Crippen LogP contribution in [-0.4, -0.2) is 36.5 Å². The number of nitrogens with two attached hydrogens (primary N) is 1. The molecule has 1 unspecified atom stereocenters. The van der Waals surface area contributed by atoms with Gasteiger partial charge in [-0.25, -0.2) is 0 Å². The summed E-state index contributed by atoms with van der Waals surface area (Å²) in [5, 5.41) is 3.13. The molecule has 3 N–H and O–H groups in total. The highest BCUT2D eigenvalue weighted by atomic mass is 127. The first-order chi connectivity index (χ1) is 9.06. The molecule has 20 heavy (non-hydrogen) atoms. The quantitative estimate of drug-likeness (QED) is 0.464. The Bertz CT molecular complexity index is 457. The average Bonchev–Trinajstić information content (AvgIpc) is 3.19. The van der Waals surface area contributed by atoms with Crippen molar-refractivity contribution in [3.63, 3.8) is 0 Å². The summed E-state index contributed by atoms with van der Waals surface area (Å²) in [5.41, 5.74) is 8.11. The number of aryl methyl sites for hydroxylation is 1. The maximum atomic E-state index is 5.92. The van der Waals surface area contributed by atoms with Crippen LogP contribution in [0.5, 0.6) is 0 Å². The zero-order chi connectivity index (χ0) is 13.8. The van der Waals surface area contributed by atoms with E-state index in [1.54, 1.807) is 0 Å². The number of benzene rings is 1. The summed E-state index contributed by atoms with van der Waals surface area (Å²) >= 11 is 0. The molecular formula is C15H25IN4. The van der Waals surface area contributed by atoms with Crippen molar-refractivity contribution in [1.29, 1.82) is 0 Å². The molecule has 0 amide bonds. The van der Waals surface area contributed by atoms with E-state index >= 15 is 0 Å². The Kier molecular flexibility index (Phi) is 6.75. The summed E-state index contributed by atoms with van der Waals surface area (Å²) in [6.07, 6.45) is 2.64. The summed E-state index contributed by atoms with van der Waals surface area (Å²) in [5.74, 6) is 0.488. The van der Waals surface area contributed by atoms with Gasteiger partial charge in [0.25, 0.3) is 0 Å². The Labute approximate surface area is 138 Å². The lowest BCUT2D eigenvalue weighted by Crippen LogP contribution is -2.34. The van der Waals surface area contributed by atoms with Crippen molar-refractivity contribution < 1.29 is 0 Å². The van der Waals surface area contributed by atoms with Gasteiger partial charge in [0.1, 0.15) is 0 Å². The largest absolute Gasteiger partial charge is 0.370 e. The third kappa shape index (κ3) is 5.28. The van der Waals surface area contributed by atoms with Gasteiger partial charge >= 0.3 is 0 Å². The smallest absolute Gasteiger partial charge is 0.193 e. The SMILES string of the molecule is Cc1cccc(NC(N)=NCC(C)N(C)C2CC2)c1.I. The molecule has 0 saturated heterocycles. The maximum Gasteiger partial charge on any atom is 0.193 e. The number of nitrogens with zero attached hydrogens (tertiary/aromatic N) is 2. The van der Waals surface area contributed by atoms with E-state index in [2.05, 4.69) is 48.2 Å². The fourth-order valence-electron chi connectivity index (χ4n) is 2.11. The van der Waals surface area contributed by atoms with Crippen LogP contribution in [0.1, 0.15) is 25.3 Å². The summed E-state index contributed by atoms with van der Waals surface area (Å²) in [6.45, 7) is 4.99. The molecule has 1 aliphatic carbocycles. The maximum absolute atomic E-state index is 5.92. The summed E-state index contributed by atoms with van der Waals surface area (Å²) in [4.78, 5) is 6.81. The molecule has 5 heteroatoms. The Morgan fingerprint density at radius 2 is 2.20 bits per heavy atom. The zero-order valence-corrected chi connectivity index (χ0v) is 14.8. The minimum Gasteiger partial charge on any atom is -0.370 e. The third-order valence-electron chi connectivity index (χ3n) is 3.63. The normalized spacial score (nSPS) is 16.7. The van der Waals surface area contributed by atoms with E-state index in [1.165, 1.54) is 18.4 Å². The first kappa shape index (κ1) is 17.2. The van der Waals surface area contributed by atoms with Crippen molar-refractivity contribution in [2.45, 2.75) is 38.8 Å². The molecule has 1 aliphatic rings. The van der Waals surface area contributed by atoms with Crippen molar-refractivity contribution in [1.82, 2.24) is 4.90 Å². The van der Waals surface area contributed by atoms with Crippen LogP contribution in [0.15, 0.2) is 29.3 Å². The molecule has 0 aliphatic heterocycles. The topological polar surface area (TPSA) is 53.6 Å². The number of hydrogen-bond acceptors (Lipinski definition) is 2. The fourth-order valence-corrected chi connectivity index (χ4v) is 2.11. The van der Waals surface area contributed by atoms with Crippen molar-refractivity contribution in [2.75, 3.05) is 18.9 Å². The molecule has 112 valence electrons. The Morgan fingerprint density at radius 1 is 1.50 bits per heavy atom. The van der Waals surface area contributed by atoms with Gasteiger partial charge in [-0.1, -0.05) is 12.1 Å². The molecule has 2 rings (SSSR count). The van der Waals surface area contributed by atoms with E-state index in [0.29, 0.717) is 12.0 Å². The predicted molar refractivity (Wildman–Crippen MR) is 97.0 cm³/mol. The van der Waals surface area contributed by atoms with Crippen LogP contribution >= 0.6 is 24.0 Å². The van der Waals surface area contributed by atoms with E-state index < -0.39 is 0 Å². The number of rotatable bonds is 5. The molecular weight excluding hydrogens is 363 g/mol. The molecule has 0 heterocycles. The van der Waals surface area contributed by atoms with E-state index in [-0.39, 0.29) is 24.0 Å². The number of nitrogens with one attached hydrogen (secondary N) is 1. The van der Waals surface area contributed by atoms with E-state index in [4.69, 9.17) is 5.73 Å². The molecule has 0 aromatic heterocycles. The van der Waals surface area contributed by atoms with E-state index in [9.17, 15) is 0 Å².